The minimum Gasteiger partial charge on any atom is -0.379 e. The molecule has 0 saturated carbocycles. The van der Waals surface area contributed by atoms with Gasteiger partial charge in [-0.15, -0.1) is 0 Å². The first-order chi connectivity index (χ1) is 8.36. The van der Waals surface area contributed by atoms with E-state index in [1.165, 1.54) is 5.56 Å². The van der Waals surface area contributed by atoms with E-state index < -0.39 is 0 Å². The van der Waals surface area contributed by atoms with Crippen molar-refractivity contribution in [3.63, 3.8) is 0 Å². The quantitative estimate of drug-likeness (QED) is 0.646. The Morgan fingerprint density at radius 1 is 1.24 bits per heavy atom. The molecule has 0 radical (unpaired) electrons. The summed E-state index contributed by atoms with van der Waals surface area (Å²) in [5.74, 6) is 0. The van der Waals surface area contributed by atoms with E-state index in [0.29, 0.717) is 19.6 Å². The minimum absolute atomic E-state index is 0.477. The van der Waals surface area contributed by atoms with Gasteiger partial charge >= 0.3 is 0 Å². The van der Waals surface area contributed by atoms with Crippen LogP contribution >= 0.6 is 0 Å². The lowest BCUT2D eigenvalue weighted by Crippen LogP contribution is -2.27. The predicted molar refractivity (Wildman–Crippen MR) is 68.4 cm³/mol. The third kappa shape index (κ3) is 6.06. The zero-order valence-electron chi connectivity index (χ0n) is 10.4. The molecular formula is C14H20N2O. The van der Waals surface area contributed by atoms with Crippen molar-refractivity contribution in [1.82, 2.24) is 4.90 Å². The average Bonchev–Trinajstić information content (AvgIpc) is 2.38. The largest absolute Gasteiger partial charge is 0.379 e. The van der Waals surface area contributed by atoms with E-state index in [1.807, 2.05) is 6.07 Å². The van der Waals surface area contributed by atoms with Crippen LogP contribution in [0.2, 0.25) is 0 Å². The van der Waals surface area contributed by atoms with Gasteiger partial charge in [0.2, 0.25) is 0 Å². The van der Waals surface area contributed by atoms with Gasteiger partial charge in [0, 0.05) is 13.1 Å². The van der Waals surface area contributed by atoms with Gasteiger partial charge in [-0.25, -0.2) is 0 Å². The Morgan fingerprint density at radius 2 is 2.00 bits per heavy atom. The summed E-state index contributed by atoms with van der Waals surface area (Å²) in [6.45, 7) is 6.27. The molecule has 0 aliphatic rings. The summed E-state index contributed by atoms with van der Waals surface area (Å²) >= 11 is 0. The second-order valence-electron chi connectivity index (χ2n) is 3.87. The average molecular weight is 232 g/mol. The van der Waals surface area contributed by atoms with Crippen molar-refractivity contribution in [1.29, 1.82) is 5.26 Å². The van der Waals surface area contributed by atoms with Crippen LogP contribution < -0.4 is 0 Å². The lowest BCUT2D eigenvalue weighted by atomic mass is 10.2. The molecule has 1 rings (SSSR count). The zero-order valence-corrected chi connectivity index (χ0v) is 10.4. The Hall–Kier alpha value is -1.37. The van der Waals surface area contributed by atoms with Crippen molar-refractivity contribution in [2.24, 2.45) is 0 Å². The van der Waals surface area contributed by atoms with Crippen molar-refractivity contribution >= 4 is 0 Å². The van der Waals surface area contributed by atoms with Crippen LogP contribution in [-0.2, 0) is 11.3 Å². The number of hydrogen-bond acceptors (Lipinski definition) is 3. The molecule has 3 nitrogen and oxygen atoms in total. The SMILES string of the molecule is CCN(CCOCCC#N)Cc1ccccc1. The Labute approximate surface area is 104 Å². The molecule has 0 aliphatic heterocycles. The summed E-state index contributed by atoms with van der Waals surface area (Å²) in [6, 6.07) is 12.5. The van der Waals surface area contributed by atoms with Crippen LogP contribution in [-0.4, -0.2) is 31.2 Å². The van der Waals surface area contributed by atoms with Crippen LogP contribution in [0.1, 0.15) is 18.9 Å². The van der Waals surface area contributed by atoms with Crippen LogP contribution in [0.25, 0.3) is 0 Å². The Balaban J connectivity index is 2.22. The molecule has 0 bridgehead atoms. The fraction of sp³-hybridized carbons (Fsp3) is 0.500. The number of likely N-dealkylation sites (N-methyl/N-ethyl adjacent to an activating group) is 1. The maximum atomic E-state index is 8.38. The van der Waals surface area contributed by atoms with E-state index in [9.17, 15) is 0 Å². The molecule has 1 aromatic carbocycles. The number of rotatable bonds is 8. The van der Waals surface area contributed by atoms with Gasteiger partial charge in [0.25, 0.3) is 0 Å². The topological polar surface area (TPSA) is 36.3 Å². The summed E-state index contributed by atoms with van der Waals surface area (Å²) in [4.78, 5) is 2.34. The highest BCUT2D eigenvalue weighted by Gasteiger charge is 2.02. The molecular weight excluding hydrogens is 212 g/mol. The standard InChI is InChI=1S/C14H20N2O/c1-2-16(10-12-17-11-6-9-15)13-14-7-4-3-5-8-14/h3-5,7-8H,2,6,10-13H2,1H3. The molecule has 0 aliphatic carbocycles. The van der Waals surface area contributed by atoms with Crippen molar-refractivity contribution in [3.05, 3.63) is 35.9 Å². The summed E-state index contributed by atoms with van der Waals surface area (Å²) in [6.07, 6.45) is 0.477. The highest BCUT2D eigenvalue weighted by Crippen LogP contribution is 2.03. The van der Waals surface area contributed by atoms with Crippen LogP contribution in [0.3, 0.4) is 0 Å². The third-order valence-electron chi connectivity index (χ3n) is 2.61. The van der Waals surface area contributed by atoms with Gasteiger partial charge in [-0.1, -0.05) is 37.3 Å². The second kappa shape index (κ2) is 8.74. The maximum absolute atomic E-state index is 8.38. The lowest BCUT2D eigenvalue weighted by molar-refractivity contribution is 0.107. The maximum Gasteiger partial charge on any atom is 0.0645 e. The molecule has 0 N–H and O–H groups in total. The first-order valence-electron chi connectivity index (χ1n) is 6.07. The van der Waals surface area contributed by atoms with Gasteiger partial charge in [-0.05, 0) is 12.1 Å². The van der Waals surface area contributed by atoms with E-state index in [4.69, 9.17) is 10.00 Å². The molecule has 0 heterocycles. The van der Waals surface area contributed by atoms with Gasteiger partial charge in [0.1, 0.15) is 0 Å². The fourth-order valence-electron chi connectivity index (χ4n) is 1.60. The molecule has 3 heteroatoms. The number of benzene rings is 1. The Bertz CT molecular complexity index is 332. The van der Waals surface area contributed by atoms with Gasteiger partial charge in [-0.2, -0.15) is 5.26 Å². The first-order valence-corrected chi connectivity index (χ1v) is 6.07. The van der Waals surface area contributed by atoms with Crippen molar-refractivity contribution < 1.29 is 4.74 Å². The van der Waals surface area contributed by atoms with Crippen LogP contribution in [0.5, 0.6) is 0 Å². The van der Waals surface area contributed by atoms with Gasteiger partial charge < -0.3 is 4.74 Å². The molecule has 17 heavy (non-hydrogen) atoms. The summed E-state index contributed by atoms with van der Waals surface area (Å²) in [7, 11) is 0. The zero-order chi connectivity index (χ0) is 12.3. The van der Waals surface area contributed by atoms with E-state index in [1.54, 1.807) is 0 Å². The number of nitrogens with zero attached hydrogens (tertiary/aromatic N) is 2. The highest BCUT2D eigenvalue weighted by atomic mass is 16.5. The minimum atomic E-state index is 0.477. The van der Waals surface area contributed by atoms with Gasteiger partial charge in [-0.3, -0.25) is 4.90 Å². The first kappa shape index (κ1) is 13.7. The van der Waals surface area contributed by atoms with Gasteiger partial charge in [0.15, 0.2) is 0 Å². The molecule has 0 unspecified atom stereocenters. The molecule has 0 fully saturated rings. The molecule has 1 aromatic rings. The van der Waals surface area contributed by atoms with Crippen LogP contribution in [0, 0.1) is 11.3 Å². The molecule has 92 valence electrons. The smallest absolute Gasteiger partial charge is 0.0645 e. The van der Waals surface area contributed by atoms with Crippen molar-refractivity contribution in [2.75, 3.05) is 26.3 Å². The molecule has 0 aromatic heterocycles. The molecule has 0 spiro atoms. The normalized spacial score (nSPS) is 10.4. The number of ether oxygens (including phenoxy) is 1. The van der Waals surface area contributed by atoms with E-state index in [0.717, 1.165) is 19.6 Å². The monoisotopic (exact) mass is 232 g/mol. The summed E-state index contributed by atoms with van der Waals surface area (Å²) < 4.78 is 5.38. The van der Waals surface area contributed by atoms with E-state index in [-0.39, 0.29) is 0 Å². The Kier molecular flexibility index (Phi) is 7.04. The Morgan fingerprint density at radius 3 is 2.65 bits per heavy atom. The van der Waals surface area contributed by atoms with E-state index >= 15 is 0 Å². The fourth-order valence-corrected chi connectivity index (χ4v) is 1.60. The lowest BCUT2D eigenvalue weighted by Gasteiger charge is -2.20. The highest BCUT2D eigenvalue weighted by molar-refractivity contribution is 5.14. The van der Waals surface area contributed by atoms with Gasteiger partial charge in [0.05, 0.1) is 25.7 Å². The summed E-state index contributed by atoms with van der Waals surface area (Å²) in [5, 5.41) is 8.38. The summed E-state index contributed by atoms with van der Waals surface area (Å²) in [5.41, 5.74) is 1.33. The number of hydrogen-bond donors (Lipinski definition) is 0. The predicted octanol–water partition coefficient (Wildman–Crippen LogP) is 2.44. The van der Waals surface area contributed by atoms with Crippen LogP contribution in [0.15, 0.2) is 30.3 Å². The van der Waals surface area contributed by atoms with E-state index in [2.05, 4.69) is 42.2 Å². The van der Waals surface area contributed by atoms with Crippen molar-refractivity contribution in [3.8, 4) is 6.07 Å². The molecule has 0 amide bonds. The van der Waals surface area contributed by atoms with Crippen molar-refractivity contribution in [2.45, 2.75) is 19.9 Å². The third-order valence-corrected chi connectivity index (χ3v) is 2.61. The molecule has 0 saturated heterocycles. The molecule has 0 atom stereocenters. The van der Waals surface area contributed by atoms with Crippen LogP contribution in [0.4, 0.5) is 0 Å². The number of nitriles is 1. The second-order valence-corrected chi connectivity index (χ2v) is 3.87.